The number of allylic oxidation sites excluding steroid dienone is 2. The standard InChI is InChI=1S/C30H39N7O4/c1-39-24-14-22(15-25(40-2)28(24)41-3)36-17-26(31-19-36)32-29-23-10-9-20(16-35-11-5-4-6-12-35)27(23)33-30(34-29)37-13-7-8-21(37)18-38/h9-10,14-15,17,19,21,27,38H,4-8,11-13,16,18H2,1-3H3,(H,32,33,34)/t21-,27?/m1/s1. The van der Waals surface area contributed by atoms with Crippen molar-refractivity contribution in [1.29, 1.82) is 0 Å². The molecule has 0 bridgehead atoms. The lowest BCUT2D eigenvalue weighted by atomic mass is 10.0. The number of rotatable bonds is 8. The molecule has 4 heterocycles. The van der Waals surface area contributed by atoms with Crippen molar-refractivity contribution >= 4 is 17.6 Å². The number of nitrogens with one attached hydrogen (secondary N) is 1. The van der Waals surface area contributed by atoms with Gasteiger partial charge >= 0.3 is 0 Å². The molecule has 0 amide bonds. The normalized spacial score (nSPS) is 22.5. The molecule has 1 aromatic heterocycles. The van der Waals surface area contributed by atoms with E-state index in [2.05, 4.69) is 32.3 Å². The van der Waals surface area contributed by atoms with Gasteiger partial charge in [-0.15, -0.1) is 0 Å². The minimum Gasteiger partial charge on any atom is -0.493 e. The number of ether oxygens (including phenoxy) is 3. The van der Waals surface area contributed by atoms with E-state index in [4.69, 9.17) is 24.2 Å². The number of likely N-dealkylation sites (tertiary alicyclic amines) is 2. The Balaban J connectivity index is 1.27. The van der Waals surface area contributed by atoms with Crippen LogP contribution in [-0.4, -0.2) is 102 Å². The molecule has 1 aliphatic carbocycles. The smallest absolute Gasteiger partial charge is 0.223 e. The third-order valence-electron chi connectivity index (χ3n) is 8.33. The zero-order chi connectivity index (χ0) is 28.3. The predicted octanol–water partition coefficient (Wildman–Crippen LogP) is 3.26. The van der Waals surface area contributed by atoms with Crippen LogP contribution in [0.1, 0.15) is 32.1 Å². The van der Waals surface area contributed by atoms with Gasteiger partial charge in [0, 0.05) is 30.8 Å². The first-order valence-electron chi connectivity index (χ1n) is 14.4. The van der Waals surface area contributed by atoms with Crippen molar-refractivity contribution in [3.63, 3.8) is 0 Å². The van der Waals surface area contributed by atoms with E-state index in [1.807, 2.05) is 22.9 Å². The van der Waals surface area contributed by atoms with Crippen molar-refractivity contribution in [3.8, 4) is 22.9 Å². The SMILES string of the molecule is COc1cc(-n2cnc(NC3=NC(N4CCC[C@@H]4CO)=NC4C(CN5CCCCC5)=CC=C34)c2)cc(OC)c1OC. The number of amidine groups is 1. The van der Waals surface area contributed by atoms with Gasteiger partial charge in [0.1, 0.15) is 24.0 Å². The summed E-state index contributed by atoms with van der Waals surface area (Å²) in [6.45, 7) is 4.11. The van der Waals surface area contributed by atoms with E-state index in [1.165, 1.54) is 24.8 Å². The number of hydrogen-bond donors (Lipinski definition) is 2. The van der Waals surface area contributed by atoms with Gasteiger partial charge in [0.2, 0.25) is 11.7 Å². The fourth-order valence-electron chi connectivity index (χ4n) is 6.16. The molecule has 41 heavy (non-hydrogen) atoms. The lowest BCUT2D eigenvalue weighted by molar-refractivity contribution is 0.207. The van der Waals surface area contributed by atoms with Crippen LogP contribution in [0.2, 0.25) is 0 Å². The third kappa shape index (κ3) is 5.43. The summed E-state index contributed by atoms with van der Waals surface area (Å²) in [6.07, 6.45) is 13.8. The molecule has 2 atom stereocenters. The number of piperidine rings is 1. The van der Waals surface area contributed by atoms with Gasteiger partial charge in [0.15, 0.2) is 11.5 Å². The number of nitrogens with zero attached hydrogens (tertiary/aromatic N) is 6. The second-order valence-electron chi connectivity index (χ2n) is 10.8. The van der Waals surface area contributed by atoms with Crippen LogP contribution < -0.4 is 19.5 Å². The number of aliphatic imine (C=N–C) groups is 2. The molecule has 0 spiro atoms. The second kappa shape index (κ2) is 12.0. The Morgan fingerprint density at radius 1 is 0.976 bits per heavy atom. The summed E-state index contributed by atoms with van der Waals surface area (Å²) in [5.74, 6) is 3.75. The molecule has 1 aromatic carbocycles. The lowest BCUT2D eigenvalue weighted by Gasteiger charge is -2.32. The van der Waals surface area contributed by atoms with Gasteiger partial charge in [-0.25, -0.2) is 9.98 Å². The Morgan fingerprint density at radius 2 is 1.76 bits per heavy atom. The monoisotopic (exact) mass is 561 g/mol. The maximum Gasteiger partial charge on any atom is 0.223 e. The zero-order valence-corrected chi connectivity index (χ0v) is 24.0. The number of methoxy groups -OCH3 is 3. The molecule has 11 heteroatoms. The van der Waals surface area contributed by atoms with E-state index in [0.717, 1.165) is 56.1 Å². The van der Waals surface area contributed by atoms with Gasteiger partial charge in [-0.2, -0.15) is 4.99 Å². The van der Waals surface area contributed by atoms with Crippen LogP contribution >= 0.6 is 0 Å². The summed E-state index contributed by atoms with van der Waals surface area (Å²) < 4.78 is 18.4. The summed E-state index contributed by atoms with van der Waals surface area (Å²) in [5, 5.41) is 13.5. The van der Waals surface area contributed by atoms with E-state index in [1.54, 1.807) is 27.7 Å². The van der Waals surface area contributed by atoms with Gasteiger partial charge in [0.25, 0.3) is 0 Å². The fraction of sp³-hybridized carbons (Fsp3) is 0.500. The maximum absolute atomic E-state index is 10.0. The summed E-state index contributed by atoms with van der Waals surface area (Å²) in [6, 6.07) is 3.71. The van der Waals surface area contributed by atoms with Gasteiger partial charge in [-0.05, 0) is 44.3 Å². The highest BCUT2D eigenvalue weighted by molar-refractivity contribution is 6.16. The van der Waals surface area contributed by atoms with Crippen molar-refractivity contribution in [2.45, 2.75) is 44.2 Å². The average Bonchev–Trinajstić information content (AvgIpc) is 3.77. The molecule has 0 saturated carbocycles. The Labute approximate surface area is 240 Å². The molecule has 2 fully saturated rings. The Hall–Kier alpha value is -3.83. The molecule has 11 nitrogen and oxygen atoms in total. The largest absolute Gasteiger partial charge is 0.493 e. The molecule has 4 aliphatic rings. The summed E-state index contributed by atoms with van der Waals surface area (Å²) in [5.41, 5.74) is 3.15. The van der Waals surface area contributed by atoms with Gasteiger partial charge in [0.05, 0.1) is 45.9 Å². The van der Waals surface area contributed by atoms with Crippen molar-refractivity contribution in [2.24, 2.45) is 9.98 Å². The molecule has 2 saturated heterocycles. The molecule has 2 aromatic rings. The van der Waals surface area contributed by atoms with Crippen LogP contribution in [0.5, 0.6) is 17.2 Å². The molecule has 6 rings (SSSR count). The highest BCUT2D eigenvalue weighted by Crippen LogP contribution is 2.39. The number of guanidine groups is 1. The predicted molar refractivity (Wildman–Crippen MR) is 159 cm³/mol. The van der Waals surface area contributed by atoms with Crippen LogP contribution in [-0.2, 0) is 0 Å². The van der Waals surface area contributed by atoms with Crippen LogP contribution in [0.15, 0.2) is 57.9 Å². The highest BCUT2D eigenvalue weighted by atomic mass is 16.5. The maximum atomic E-state index is 10.0. The number of benzene rings is 1. The van der Waals surface area contributed by atoms with E-state index in [0.29, 0.717) is 29.0 Å². The van der Waals surface area contributed by atoms with E-state index in [9.17, 15) is 5.11 Å². The van der Waals surface area contributed by atoms with Crippen molar-refractivity contribution in [3.05, 3.63) is 48.0 Å². The molecule has 218 valence electrons. The van der Waals surface area contributed by atoms with Gasteiger partial charge in [-0.1, -0.05) is 18.6 Å². The molecular weight excluding hydrogens is 522 g/mol. The van der Waals surface area contributed by atoms with Crippen LogP contribution in [0.25, 0.3) is 5.69 Å². The third-order valence-corrected chi connectivity index (χ3v) is 8.33. The summed E-state index contributed by atoms with van der Waals surface area (Å²) in [4.78, 5) is 19.5. The molecular formula is C30H39N7O4. The van der Waals surface area contributed by atoms with Gasteiger partial charge < -0.3 is 34.1 Å². The number of aromatic nitrogens is 2. The summed E-state index contributed by atoms with van der Waals surface area (Å²) in [7, 11) is 4.79. The average molecular weight is 562 g/mol. The van der Waals surface area contributed by atoms with Crippen LogP contribution in [0.4, 0.5) is 5.82 Å². The lowest BCUT2D eigenvalue weighted by Crippen LogP contribution is -2.42. The number of aliphatic hydroxyl groups excluding tert-OH is 1. The van der Waals surface area contributed by atoms with Crippen molar-refractivity contribution in [2.75, 3.05) is 59.4 Å². The highest BCUT2D eigenvalue weighted by Gasteiger charge is 2.35. The fourth-order valence-corrected chi connectivity index (χ4v) is 6.16. The number of imidazole rings is 1. The molecule has 1 unspecified atom stereocenters. The minimum atomic E-state index is -0.0935. The topological polar surface area (TPSA) is 109 Å². The summed E-state index contributed by atoms with van der Waals surface area (Å²) >= 11 is 0. The Morgan fingerprint density at radius 3 is 2.46 bits per heavy atom. The van der Waals surface area contributed by atoms with Crippen molar-refractivity contribution in [1.82, 2.24) is 19.4 Å². The van der Waals surface area contributed by atoms with E-state index in [-0.39, 0.29) is 18.7 Å². The first-order valence-corrected chi connectivity index (χ1v) is 14.4. The van der Waals surface area contributed by atoms with Crippen LogP contribution in [0, 0.1) is 0 Å². The van der Waals surface area contributed by atoms with E-state index < -0.39 is 0 Å². The number of fused-ring (bicyclic) bond motifs is 1. The number of aliphatic hydroxyl groups is 1. The van der Waals surface area contributed by atoms with Gasteiger partial charge in [-0.3, -0.25) is 4.90 Å². The Bertz CT molecular complexity index is 1360. The van der Waals surface area contributed by atoms with E-state index >= 15 is 0 Å². The molecule has 3 aliphatic heterocycles. The molecule has 0 radical (unpaired) electrons. The first-order chi connectivity index (χ1) is 20.1. The quantitative estimate of drug-likeness (QED) is 0.506. The first kappa shape index (κ1) is 27.3. The minimum absolute atomic E-state index is 0.0412. The Kier molecular flexibility index (Phi) is 7.97. The molecule has 2 N–H and O–H groups in total. The zero-order valence-electron chi connectivity index (χ0n) is 24.0. The van der Waals surface area contributed by atoms with Crippen molar-refractivity contribution < 1.29 is 19.3 Å². The second-order valence-corrected chi connectivity index (χ2v) is 10.8. The number of hydrogen-bond acceptors (Lipinski definition) is 10. The number of anilines is 1. The van der Waals surface area contributed by atoms with Crippen LogP contribution in [0.3, 0.4) is 0 Å².